The van der Waals surface area contributed by atoms with Crippen molar-refractivity contribution in [3.8, 4) is 0 Å². The zero-order chi connectivity index (χ0) is 14.5. The quantitative estimate of drug-likeness (QED) is 0.876. The van der Waals surface area contributed by atoms with Crippen LogP contribution >= 0.6 is 11.6 Å². The monoisotopic (exact) mass is 295 g/mol. The molecule has 1 aliphatic heterocycles. The SMILES string of the molecule is CCN(CC)C1CCN(C(CN)c2cccc(Cl)c2)C1. The Hall–Kier alpha value is -0.610. The standard InChI is InChI=1S/C16H26ClN3/c1-3-19(4-2)15-8-9-20(12-15)16(11-18)13-6-5-7-14(17)10-13/h5-7,10,15-16H,3-4,8-9,11-12,18H2,1-2H3. The second-order valence-electron chi connectivity index (χ2n) is 5.47. The first kappa shape index (κ1) is 15.8. The fourth-order valence-electron chi connectivity index (χ4n) is 3.30. The molecule has 0 spiro atoms. The van der Waals surface area contributed by atoms with Crippen LogP contribution in [0.2, 0.25) is 5.02 Å². The van der Waals surface area contributed by atoms with Crippen molar-refractivity contribution in [2.24, 2.45) is 5.73 Å². The Morgan fingerprint density at radius 3 is 2.75 bits per heavy atom. The second-order valence-corrected chi connectivity index (χ2v) is 5.90. The molecule has 0 amide bonds. The molecule has 20 heavy (non-hydrogen) atoms. The van der Waals surface area contributed by atoms with Crippen molar-refractivity contribution in [2.75, 3.05) is 32.7 Å². The summed E-state index contributed by atoms with van der Waals surface area (Å²) in [7, 11) is 0. The van der Waals surface area contributed by atoms with E-state index < -0.39 is 0 Å². The summed E-state index contributed by atoms with van der Waals surface area (Å²) in [5.74, 6) is 0. The molecule has 2 unspecified atom stereocenters. The summed E-state index contributed by atoms with van der Waals surface area (Å²) in [6.45, 7) is 9.60. The minimum absolute atomic E-state index is 0.286. The first-order chi connectivity index (χ1) is 9.69. The second kappa shape index (κ2) is 7.41. The molecule has 1 saturated heterocycles. The van der Waals surface area contributed by atoms with Gasteiger partial charge in [-0.05, 0) is 37.2 Å². The molecule has 1 aromatic rings. The maximum absolute atomic E-state index is 6.11. The number of nitrogens with two attached hydrogens (primary N) is 1. The molecule has 4 heteroatoms. The third-order valence-electron chi connectivity index (χ3n) is 4.42. The lowest BCUT2D eigenvalue weighted by molar-refractivity contribution is 0.190. The fourth-order valence-corrected chi connectivity index (χ4v) is 3.50. The lowest BCUT2D eigenvalue weighted by Crippen LogP contribution is -2.39. The molecule has 2 atom stereocenters. The van der Waals surface area contributed by atoms with Gasteiger partial charge in [0, 0.05) is 36.7 Å². The smallest absolute Gasteiger partial charge is 0.0471 e. The van der Waals surface area contributed by atoms with Crippen LogP contribution in [0.4, 0.5) is 0 Å². The maximum atomic E-state index is 6.11. The van der Waals surface area contributed by atoms with Gasteiger partial charge in [0.25, 0.3) is 0 Å². The number of hydrogen-bond acceptors (Lipinski definition) is 3. The van der Waals surface area contributed by atoms with Crippen molar-refractivity contribution in [2.45, 2.75) is 32.4 Å². The lowest BCUT2D eigenvalue weighted by atomic mass is 10.1. The van der Waals surface area contributed by atoms with Gasteiger partial charge in [-0.2, -0.15) is 0 Å². The van der Waals surface area contributed by atoms with Crippen LogP contribution in [0.3, 0.4) is 0 Å². The van der Waals surface area contributed by atoms with Crippen molar-refractivity contribution >= 4 is 11.6 Å². The minimum atomic E-state index is 0.286. The number of likely N-dealkylation sites (N-methyl/N-ethyl adjacent to an activating group) is 1. The molecule has 1 heterocycles. The third kappa shape index (κ3) is 3.53. The van der Waals surface area contributed by atoms with Crippen molar-refractivity contribution in [1.29, 1.82) is 0 Å². The Balaban J connectivity index is 2.06. The molecule has 0 radical (unpaired) electrons. The first-order valence-electron chi connectivity index (χ1n) is 7.63. The topological polar surface area (TPSA) is 32.5 Å². The van der Waals surface area contributed by atoms with Gasteiger partial charge in [0.15, 0.2) is 0 Å². The molecule has 0 saturated carbocycles. The van der Waals surface area contributed by atoms with E-state index in [1.54, 1.807) is 0 Å². The molecule has 1 fully saturated rings. The summed E-state index contributed by atoms with van der Waals surface area (Å²) >= 11 is 6.11. The fraction of sp³-hybridized carbons (Fsp3) is 0.625. The van der Waals surface area contributed by atoms with Gasteiger partial charge in [0.05, 0.1) is 0 Å². The Labute approximate surface area is 127 Å². The molecule has 3 nitrogen and oxygen atoms in total. The molecule has 1 aliphatic rings. The molecule has 2 rings (SSSR count). The van der Waals surface area contributed by atoms with Gasteiger partial charge in [-0.25, -0.2) is 0 Å². The molecule has 0 aromatic heterocycles. The predicted octanol–water partition coefficient (Wildman–Crippen LogP) is 2.76. The number of nitrogens with zero attached hydrogens (tertiary/aromatic N) is 2. The summed E-state index contributed by atoms with van der Waals surface area (Å²) in [4.78, 5) is 5.06. The lowest BCUT2D eigenvalue weighted by Gasteiger charge is -2.30. The van der Waals surface area contributed by atoms with Crippen LogP contribution in [0.1, 0.15) is 31.9 Å². The summed E-state index contributed by atoms with van der Waals surface area (Å²) in [6, 6.07) is 9.06. The Morgan fingerprint density at radius 1 is 1.40 bits per heavy atom. The van der Waals surface area contributed by atoms with E-state index in [1.807, 2.05) is 18.2 Å². The molecule has 1 aromatic carbocycles. The van der Waals surface area contributed by atoms with Crippen molar-refractivity contribution in [3.05, 3.63) is 34.9 Å². The minimum Gasteiger partial charge on any atom is -0.329 e. The van der Waals surface area contributed by atoms with Gasteiger partial charge in [-0.15, -0.1) is 0 Å². The molecular weight excluding hydrogens is 270 g/mol. The number of hydrogen-bond donors (Lipinski definition) is 1. The number of halogens is 1. The average molecular weight is 296 g/mol. The van der Waals surface area contributed by atoms with E-state index in [0.29, 0.717) is 12.6 Å². The summed E-state index contributed by atoms with van der Waals surface area (Å²) in [5.41, 5.74) is 7.26. The van der Waals surface area contributed by atoms with E-state index in [9.17, 15) is 0 Å². The molecule has 0 aliphatic carbocycles. The van der Waals surface area contributed by atoms with Gasteiger partial charge >= 0.3 is 0 Å². The van der Waals surface area contributed by atoms with Crippen LogP contribution in [0.15, 0.2) is 24.3 Å². The van der Waals surface area contributed by atoms with Crippen molar-refractivity contribution in [3.63, 3.8) is 0 Å². The summed E-state index contributed by atoms with van der Waals surface area (Å²) in [6.07, 6.45) is 1.23. The highest BCUT2D eigenvalue weighted by Crippen LogP contribution is 2.27. The normalized spacial score (nSPS) is 21.6. The molecular formula is C16H26ClN3. The third-order valence-corrected chi connectivity index (χ3v) is 4.66. The Kier molecular flexibility index (Phi) is 5.85. The summed E-state index contributed by atoms with van der Waals surface area (Å²) < 4.78 is 0. The van der Waals surface area contributed by atoms with Crippen LogP contribution in [0, 0.1) is 0 Å². The van der Waals surface area contributed by atoms with Crippen molar-refractivity contribution < 1.29 is 0 Å². The van der Waals surface area contributed by atoms with Crippen LogP contribution in [0.25, 0.3) is 0 Å². The summed E-state index contributed by atoms with van der Waals surface area (Å²) in [5, 5.41) is 0.792. The molecule has 0 bridgehead atoms. The molecule has 112 valence electrons. The van der Waals surface area contributed by atoms with Crippen LogP contribution in [-0.4, -0.2) is 48.6 Å². The average Bonchev–Trinajstić information content (AvgIpc) is 2.91. The predicted molar refractivity (Wildman–Crippen MR) is 86.1 cm³/mol. The number of likely N-dealkylation sites (tertiary alicyclic amines) is 1. The highest BCUT2D eigenvalue weighted by atomic mass is 35.5. The van der Waals surface area contributed by atoms with Crippen molar-refractivity contribution in [1.82, 2.24) is 9.80 Å². The molecule has 2 N–H and O–H groups in total. The van der Waals surface area contributed by atoms with Crippen LogP contribution in [0.5, 0.6) is 0 Å². The Bertz CT molecular complexity index is 420. The van der Waals surface area contributed by atoms with Gasteiger partial charge in [-0.1, -0.05) is 37.6 Å². The van der Waals surface area contributed by atoms with E-state index in [0.717, 1.165) is 31.2 Å². The van der Waals surface area contributed by atoms with E-state index in [4.69, 9.17) is 17.3 Å². The van der Waals surface area contributed by atoms with Gasteiger partial charge in [-0.3, -0.25) is 9.80 Å². The largest absolute Gasteiger partial charge is 0.329 e. The number of benzene rings is 1. The number of rotatable bonds is 6. The van der Waals surface area contributed by atoms with Crippen LogP contribution < -0.4 is 5.73 Å². The first-order valence-corrected chi connectivity index (χ1v) is 8.01. The highest BCUT2D eigenvalue weighted by Gasteiger charge is 2.30. The maximum Gasteiger partial charge on any atom is 0.0471 e. The highest BCUT2D eigenvalue weighted by molar-refractivity contribution is 6.30. The Morgan fingerprint density at radius 2 is 2.15 bits per heavy atom. The zero-order valence-corrected chi connectivity index (χ0v) is 13.3. The van der Waals surface area contributed by atoms with Gasteiger partial charge in [0.2, 0.25) is 0 Å². The van der Waals surface area contributed by atoms with Gasteiger partial charge in [0.1, 0.15) is 0 Å². The van der Waals surface area contributed by atoms with E-state index in [1.165, 1.54) is 12.0 Å². The van der Waals surface area contributed by atoms with E-state index in [-0.39, 0.29) is 6.04 Å². The van der Waals surface area contributed by atoms with E-state index in [2.05, 4.69) is 29.7 Å². The van der Waals surface area contributed by atoms with Crippen LogP contribution in [-0.2, 0) is 0 Å². The van der Waals surface area contributed by atoms with E-state index >= 15 is 0 Å². The zero-order valence-electron chi connectivity index (χ0n) is 12.6. The van der Waals surface area contributed by atoms with Gasteiger partial charge < -0.3 is 5.73 Å².